The van der Waals surface area contributed by atoms with Crippen LogP contribution in [0.3, 0.4) is 0 Å². The number of carboxylic acids is 1. The summed E-state index contributed by atoms with van der Waals surface area (Å²) in [6.45, 7) is 2.00. The average Bonchev–Trinajstić information content (AvgIpc) is 2.76. The van der Waals surface area contributed by atoms with Crippen molar-refractivity contribution in [2.45, 2.75) is 77.6 Å². The van der Waals surface area contributed by atoms with Crippen LogP contribution in [0.4, 0.5) is 0 Å². The van der Waals surface area contributed by atoms with E-state index in [9.17, 15) is 9.90 Å². The maximum atomic E-state index is 12.4. The first kappa shape index (κ1) is 19.0. The first-order chi connectivity index (χ1) is 14.6. The van der Waals surface area contributed by atoms with Gasteiger partial charge in [-0.25, -0.2) is 9.97 Å². The number of carbonyl (C=O) groups is 1. The van der Waals surface area contributed by atoms with Gasteiger partial charge in [0.15, 0.2) is 0 Å². The molecule has 3 saturated carbocycles. The molecule has 1 aromatic rings. The quantitative estimate of drug-likeness (QED) is 0.656. The molecule has 4 nitrogen and oxygen atoms in total. The van der Waals surface area contributed by atoms with Crippen LogP contribution < -0.4 is 0 Å². The topological polar surface area (TPSA) is 63.1 Å². The van der Waals surface area contributed by atoms with Crippen molar-refractivity contribution in [3.63, 3.8) is 0 Å². The highest BCUT2D eigenvalue weighted by molar-refractivity contribution is 5.76. The fraction of sp³-hybridized carbons (Fsp3) is 0.731. The lowest BCUT2D eigenvalue weighted by molar-refractivity contribution is -0.157. The van der Waals surface area contributed by atoms with Gasteiger partial charge in [0, 0.05) is 11.9 Å². The van der Waals surface area contributed by atoms with Crippen molar-refractivity contribution >= 4 is 5.97 Å². The maximum absolute atomic E-state index is 12.4. The Morgan fingerprint density at radius 1 is 1.07 bits per heavy atom. The molecular weight excluding hydrogens is 372 g/mol. The van der Waals surface area contributed by atoms with Gasteiger partial charge in [-0.3, -0.25) is 4.79 Å². The van der Waals surface area contributed by atoms with E-state index in [1.54, 1.807) is 5.57 Å². The lowest BCUT2D eigenvalue weighted by Crippen LogP contribution is -2.51. The van der Waals surface area contributed by atoms with E-state index >= 15 is 0 Å². The number of carboxylic acid groups (broad SMARTS) is 1. The molecular formula is C26H34N2O2. The number of aryl methyl sites for hydroxylation is 1. The van der Waals surface area contributed by atoms with Gasteiger partial charge in [-0.1, -0.05) is 24.5 Å². The fourth-order valence-corrected chi connectivity index (χ4v) is 8.57. The Balaban J connectivity index is 1.31. The monoisotopic (exact) mass is 406 g/mol. The van der Waals surface area contributed by atoms with Crippen molar-refractivity contribution in [1.82, 2.24) is 9.97 Å². The molecule has 6 rings (SSSR count). The van der Waals surface area contributed by atoms with Crippen molar-refractivity contribution < 1.29 is 9.90 Å². The molecule has 4 heteroatoms. The van der Waals surface area contributed by atoms with Crippen molar-refractivity contribution in [2.24, 2.45) is 40.9 Å². The number of rotatable bonds is 1. The Morgan fingerprint density at radius 2 is 1.97 bits per heavy atom. The van der Waals surface area contributed by atoms with E-state index in [0.29, 0.717) is 11.8 Å². The molecule has 0 saturated heterocycles. The van der Waals surface area contributed by atoms with Gasteiger partial charge in [0.2, 0.25) is 0 Å². The van der Waals surface area contributed by atoms with E-state index in [2.05, 4.69) is 17.3 Å². The second kappa shape index (κ2) is 6.90. The van der Waals surface area contributed by atoms with E-state index in [1.165, 1.54) is 36.9 Å². The summed E-state index contributed by atoms with van der Waals surface area (Å²) in [4.78, 5) is 21.6. The maximum Gasteiger partial charge on any atom is 0.310 e. The molecule has 5 aliphatic rings. The molecule has 0 amide bonds. The third-order valence-corrected chi connectivity index (χ3v) is 9.90. The van der Waals surface area contributed by atoms with E-state index < -0.39 is 11.4 Å². The molecule has 0 bridgehead atoms. The molecule has 5 aliphatic carbocycles. The van der Waals surface area contributed by atoms with Crippen LogP contribution in [0.1, 0.15) is 74.9 Å². The van der Waals surface area contributed by atoms with E-state index in [-0.39, 0.29) is 0 Å². The van der Waals surface area contributed by atoms with Gasteiger partial charge in [-0.2, -0.15) is 0 Å². The number of aromatic nitrogens is 2. The van der Waals surface area contributed by atoms with Gasteiger partial charge in [0.05, 0.1) is 5.41 Å². The number of aliphatic carboxylic acids is 1. The normalized spacial score (nSPS) is 42.0. The zero-order valence-corrected chi connectivity index (χ0v) is 18.1. The third-order valence-electron chi connectivity index (χ3n) is 9.90. The molecule has 7 atom stereocenters. The highest BCUT2D eigenvalue weighted by Gasteiger charge is 2.56. The SMILES string of the molecule is Cc1ncc2c(n1)CC1CCC3C4CCC5(C(=O)O)CCCCC5C4=CCC3C1C2. The van der Waals surface area contributed by atoms with E-state index in [4.69, 9.17) is 4.98 Å². The van der Waals surface area contributed by atoms with Gasteiger partial charge in [0.1, 0.15) is 5.82 Å². The van der Waals surface area contributed by atoms with Gasteiger partial charge in [-0.05, 0) is 106 Å². The van der Waals surface area contributed by atoms with Gasteiger partial charge in [0.25, 0.3) is 0 Å². The molecule has 160 valence electrons. The second-order valence-electron chi connectivity index (χ2n) is 11.0. The summed E-state index contributed by atoms with van der Waals surface area (Å²) >= 11 is 0. The van der Waals surface area contributed by atoms with Crippen LogP contribution in [-0.4, -0.2) is 21.0 Å². The molecule has 30 heavy (non-hydrogen) atoms. The Labute approximate surface area is 179 Å². The van der Waals surface area contributed by atoms with Crippen LogP contribution in [0.2, 0.25) is 0 Å². The molecule has 0 aromatic carbocycles. The minimum atomic E-state index is -0.517. The molecule has 1 heterocycles. The molecule has 7 unspecified atom stereocenters. The van der Waals surface area contributed by atoms with Crippen LogP contribution in [0.25, 0.3) is 0 Å². The highest BCUT2D eigenvalue weighted by atomic mass is 16.4. The van der Waals surface area contributed by atoms with Crippen LogP contribution in [0.5, 0.6) is 0 Å². The predicted octanol–water partition coefficient (Wildman–Crippen LogP) is 5.14. The van der Waals surface area contributed by atoms with Crippen molar-refractivity contribution in [2.75, 3.05) is 0 Å². The fourth-order valence-electron chi connectivity index (χ4n) is 8.57. The molecule has 3 fully saturated rings. The summed E-state index contributed by atoms with van der Waals surface area (Å²) in [5, 5.41) is 10.2. The third kappa shape index (κ3) is 2.67. The Hall–Kier alpha value is -1.71. The summed E-state index contributed by atoms with van der Waals surface area (Å²) in [5.74, 6) is 4.43. The predicted molar refractivity (Wildman–Crippen MR) is 115 cm³/mol. The number of allylic oxidation sites excluding steroid dienone is 2. The second-order valence-corrected chi connectivity index (χ2v) is 11.0. The van der Waals surface area contributed by atoms with Crippen LogP contribution in [0, 0.1) is 47.8 Å². The molecule has 0 radical (unpaired) electrons. The number of hydrogen-bond acceptors (Lipinski definition) is 3. The number of nitrogens with zero attached hydrogens (tertiary/aromatic N) is 2. The van der Waals surface area contributed by atoms with Crippen LogP contribution in [0.15, 0.2) is 17.8 Å². The molecule has 1 aromatic heterocycles. The molecule has 1 N–H and O–H groups in total. The standard InChI is InChI=1S/C26H34N2O2/c1-15-27-14-17-12-22-16(13-24(17)28-15)5-6-18-19(22)7-8-21-20(18)9-11-26(25(29)30)10-3-2-4-23(21)26/h8,14,16,18-20,22-23H,2-7,9-13H2,1H3,(H,29,30). The Bertz CT molecular complexity index is 908. The van der Waals surface area contributed by atoms with Crippen LogP contribution >= 0.6 is 0 Å². The molecule has 0 spiro atoms. The minimum Gasteiger partial charge on any atom is -0.481 e. The summed E-state index contributed by atoms with van der Waals surface area (Å²) in [7, 11) is 0. The smallest absolute Gasteiger partial charge is 0.310 e. The lowest BCUT2D eigenvalue weighted by Gasteiger charge is -2.56. The first-order valence-corrected chi connectivity index (χ1v) is 12.3. The average molecular weight is 407 g/mol. The van der Waals surface area contributed by atoms with Gasteiger partial charge in [-0.15, -0.1) is 0 Å². The summed E-state index contributed by atoms with van der Waals surface area (Å²) < 4.78 is 0. The molecule has 0 aliphatic heterocycles. The highest BCUT2D eigenvalue weighted by Crippen LogP contribution is 2.61. The van der Waals surface area contributed by atoms with Gasteiger partial charge < -0.3 is 5.11 Å². The van der Waals surface area contributed by atoms with Crippen molar-refractivity contribution in [3.05, 3.63) is 34.9 Å². The zero-order chi connectivity index (χ0) is 20.5. The lowest BCUT2D eigenvalue weighted by atomic mass is 9.48. The Kier molecular flexibility index (Phi) is 4.37. The zero-order valence-electron chi connectivity index (χ0n) is 18.1. The first-order valence-electron chi connectivity index (χ1n) is 12.3. The van der Waals surface area contributed by atoms with Crippen molar-refractivity contribution in [3.8, 4) is 0 Å². The Morgan fingerprint density at radius 3 is 2.83 bits per heavy atom. The summed E-state index contributed by atoms with van der Waals surface area (Å²) in [5.41, 5.74) is 3.81. The summed E-state index contributed by atoms with van der Waals surface area (Å²) in [6.07, 6.45) is 17.1. The summed E-state index contributed by atoms with van der Waals surface area (Å²) in [6, 6.07) is 0. The largest absolute Gasteiger partial charge is 0.481 e. The minimum absolute atomic E-state index is 0.310. The number of fused-ring (bicyclic) bond motifs is 8. The number of hydrogen-bond donors (Lipinski definition) is 1. The van der Waals surface area contributed by atoms with Crippen molar-refractivity contribution in [1.29, 1.82) is 0 Å². The van der Waals surface area contributed by atoms with E-state index in [0.717, 1.165) is 74.4 Å². The van der Waals surface area contributed by atoms with Gasteiger partial charge >= 0.3 is 5.97 Å². The van der Waals surface area contributed by atoms with Crippen LogP contribution in [-0.2, 0) is 17.6 Å². The van der Waals surface area contributed by atoms with E-state index in [1.807, 2.05) is 6.92 Å².